The van der Waals surface area contributed by atoms with Gasteiger partial charge in [0.1, 0.15) is 18.1 Å². The Morgan fingerprint density at radius 3 is 2.89 bits per heavy atom. The first-order valence-electron chi connectivity index (χ1n) is 9.30. The number of fused-ring (bicyclic) bond motifs is 1. The van der Waals surface area contributed by atoms with E-state index >= 15 is 0 Å². The molecule has 0 radical (unpaired) electrons. The predicted molar refractivity (Wildman–Crippen MR) is 118 cm³/mol. The van der Waals surface area contributed by atoms with Gasteiger partial charge in [-0.3, -0.25) is 0 Å². The molecule has 1 atom stereocenters. The molecule has 2 N–H and O–H groups in total. The molecule has 1 aliphatic rings. The number of guanidine groups is 1. The monoisotopic (exact) mass is 484 g/mol. The summed E-state index contributed by atoms with van der Waals surface area (Å²) in [7, 11) is 1.96. The van der Waals surface area contributed by atoms with Crippen LogP contribution < -0.4 is 15.4 Å². The van der Waals surface area contributed by atoms with Crippen molar-refractivity contribution in [1.82, 2.24) is 25.4 Å². The number of rotatable bonds is 6. The minimum atomic E-state index is 0. The minimum absolute atomic E-state index is 0. The van der Waals surface area contributed by atoms with Gasteiger partial charge in [0.05, 0.1) is 12.6 Å². The van der Waals surface area contributed by atoms with Crippen molar-refractivity contribution < 1.29 is 4.74 Å². The zero-order valence-corrected chi connectivity index (χ0v) is 18.6. The first kappa shape index (κ1) is 21.5. The third-order valence-electron chi connectivity index (χ3n) is 4.65. The van der Waals surface area contributed by atoms with Gasteiger partial charge in [0.25, 0.3) is 0 Å². The third-order valence-corrected chi connectivity index (χ3v) is 4.65. The standard InChI is InChI=1S/C19H28N6O.HI/c1-4-5-11-20-19(21-13-18-24-23-14(2)25(18)3)22-16-10-12-26-17-9-7-6-8-15(16)17;/h6-9,16H,4-5,10-13H2,1-3H3,(H2,20,21,22);1H. The van der Waals surface area contributed by atoms with Crippen LogP contribution in [-0.2, 0) is 13.6 Å². The van der Waals surface area contributed by atoms with Crippen LogP contribution >= 0.6 is 24.0 Å². The largest absolute Gasteiger partial charge is 0.493 e. The Balaban J connectivity index is 0.00000261. The molecule has 3 rings (SSSR count). The van der Waals surface area contributed by atoms with E-state index in [-0.39, 0.29) is 30.0 Å². The molecule has 0 saturated carbocycles. The number of nitrogens with zero attached hydrogens (tertiary/aromatic N) is 4. The Kier molecular flexibility index (Phi) is 8.33. The molecule has 148 valence electrons. The zero-order chi connectivity index (χ0) is 18.4. The van der Waals surface area contributed by atoms with E-state index in [2.05, 4.69) is 33.8 Å². The molecule has 0 aliphatic carbocycles. The summed E-state index contributed by atoms with van der Waals surface area (Å²) in [5, 5.41) is 15.3. The summed E-state index contributed by atoms with van der Waals surface area (Å²) in [6.07, 6.45) is 3.16. The van der Waals surface area contributed by atoms with E-state index in [0.29, 0.717) is 13.2 Å². The smallest absolute Gasteiger partial charge is 0.192 e. The van der Waals surface area contributed by atoms with E-state index in [0.717, 1.165) is 49.2 Å². The minimum Gasteiger partial charge on any atom is -0.493 e. The van der Waals surface area contributed by atoms with Gasteiger partial charge >= 0.3 is 0 Å². The SMILES string of the molecule is CCCCNC(=NCc1nnc(C)n1C)NC1CCOc2ccccc21.I. The fourth-order valence-corrected chi connectivity index (χ4v) is 2.93. The number of benzene rings is 1. The highest BCUT2D eigenvalue weighted by Gasteiger charge is 2.22. The summed E-state index contributed by atoms with van der Waals surface area (Å²) in [5.74, 6) is 3.50. The van der Waals surface area contributed by atoms with Gasteiger partial charge < -0.3 is 19.9 Å². The zero-order valence-electron chi connectivity index (χ0n) is 16.2. The van der Waals surface area contributed by atoms with Crippen LogP contribution in [-0.4, -0.2) is 33.9 Å². The lowest BCUT2D eigenvalue weighted by molar-refractivity contribution is 0.261. The molecule has 0 spiro atoms. The maximum atomic E-state index is 5.76. The second-order valence-electron chi connectivity index (χ2n) is 6.54. The number of hydrogen-bond donors (Lipinski definition) is 2. The second-order valence-corrected chi connectivity index (χ2v) is 6.54. The highest BCUT2D eigenvalue weighted by Crippen LogP contribution is 2.31. The first-order chi connectivity index (χ1) is 12.7. The van der Waals surface area contributed by atoms with Crippen molar-refractivity contribution in [2.45, 2.75) is 45.7 Å². The van der Waals surface area contributed by atoms with Gasteiger partial charge in [-0.1, -0.05) is 31.5 Å². The van der Waals surface area contributed by atoms with Crippen molar-refractivity contribution in [2.24, 2.45) is 12.0 Å². The number of halogens is 1. The van der Waals surface area contributed by atoms with Crippen molar-refractivity contribution in [3.63, 3.8) is 0 Å². The van der Waals surface area contributed by atoms with Gasteiger partial charge in [-0.15, -0.1) is 34.2 Å². The molecule has 8 heteroatoms. The van der Waals surface area contributed by atoms with E-state index < -0.39 is 0 Å². The number of aromatic nitrogens is 3. The highest BCUT2D eigenvalue weighted by molar-refractivity contribution is 14.0. The van der Waals surface area contributed by atoms with Gasteiger partial charge in [0.2, 0.25) is 0 Å². The molecule has 2 heterocycles. The predicted octanol–water partition coefficient (Wildman–Crippen LogP) is 3.10. The van der Waals surface area contributed by atoms with E-state index in [1.165, 1.54) is 5.56 Å². The van der Waals surface area contributed by atoms with Crippen LogP contribution in [0.2, 0.25) is 0 Å². The molecule has 7 nitrogen and oxygen atoms in total. The molecule has 1 unspecified atom stereocenters. The molecule has 0 saturated heterocycles. The average molecular weight is 484 g/mol. The van der Waals surface area contributed by atoms with E-state index in [1.54, 1.807) is 0 Å². The normalized spacial score (nSPS) is 16.1. The van der Waals surface area contributed by atoms with Gasteiger partial charge in [0.15, 0.2) is 11.8 Å². The molecule has 1 aromatic carbocycles. The summed E-state index contributed by atoms with van der Waals surface area (Å²) >= 11 is 0. The summed E-state index contributed by atoms with van der Waals surface area (Å²) in [4.78, 5) is 4.74. The number of aliphatic imine (C=N–C) groups is 1. The number of para-hydroxylation sites is 1. The molecule has 0 fully saturated rings. The van der Waals surface area contributed by atoms with Crippen LogP contribution in [0, 0.1) is 6.92 Å². The second kappa shape index (κ2) is 10.5. The quantitative estimate of drug-likeness (QED) is 0.285. The lowest BCUT2D eigenvalue weighted by atomic mass is 10.0. The Hall–Kier alpha value is -1.84. The Bertz CT molecular complexity index is 760. The molecular formula is C19H29IN6O. The highest BCUT2D eigenvalue weighted by atomic mass is 127. The Morgan fingerprint density at radius 2 is 2.15 bits per heavy atom. The maximum Gasteiger partial charge on any atom is 0.192 e. The molecular weight excluding hydrogens is 455 g/mol. The van der Waals surface area contributed by atoms with Crippen molar-refractivity contribution in [1.29, 1.82) is 0 Å². The van der Waals surface area contributed by atoms with Gasteiger partial charge in [-0.05, 0) is 19.4 Å². The van der Waals surface area contributed by atoms with Gasteiger partial charge in [-0.25, -0.2) is 4.99 Å². The van der Waals surface area contributed by atoms with Gasteiger partial charge in [-0.2, -0.15) is 0 Å². The lowest BCUT2D eigenvalue weighted by Crippen LogP contribution is -2.41. The van der Waals surface area contributed by atoms with Crippen molar-refractivity contribution in [3.8, 4) is 5.75 Å². The van der Waals surface area contributed by atoms with Crippen LogP contribution in [0.5, 0.6) is 5.75 Å². The molecule has 27 heavy (non-hydrogen) atoms. The van der Waals surface area contributed by atoms with Crippen LogP contribution in [0.1, 0.15) is 49.4 Å². The lowest BCUT2D eigenvalue weighted by Gasteiger charge is -2.28. The average Bonchev–Trinajstić information content (AvgIpc) is 2.98. The third kappa shape index (κ3) is 5.57. The van der Waals surface area contributed by atoms with Crippen molar-refractivity contribution in [3.05, 3.63) is 41.5 Å². The number of hydrogen-bond acceptors (Lipinski definition) is 4. The Labute approximate surface area is 178 Å². The van der Waals surface area contributed by atoms with Crippen molar-refractivity contribution in [2.75, 3.05) is 13.2 Å². The number of ether oxygens (including phenoxy) is 1. The van der Waals surface area contributed by atoms with Crippen LogP contribution in [0.3, 0.4) is 0 Å². The molecule has 1 aliphatic heterocycles. The van der Waals surface area contributed by atoms with E-state index in [4.69, 9.17) is 9.73 Å². The number of unbranched alkanes of at least 4 members (excludes halogenated alkanes) is 1. The number of aryl methyl sites for hydroxylation is 1. The molecule has 1 aromatic heterocycles. The molecule has 0 amide bonds. The fourth-order valence-electron chi connectivity index (χ4n) is 2.93. The van der Waals surface area contributed by atoms with E-state index in [1.807, 2.05) is 36.7 Å². The van der Waals surface area contributed by atoms with E-state index in [9.17, 15) is 0 Å². The molecule has 0 bridgehead atoms. The molecule has 2 aromatic rings. The van der Waals surface area contributed by atoms with Crippen LogP contribution in [0.25, 0.3) is 0 Å². The Morgan fingerprint density at radius 1 is 1.33 bits per heavy atom. The summed E-state index contributed by atoms with van der Waals surface area (Å²) in [6, 6.07) is 8.38. The number of nitrogens with one attached hydrogen (secondary N) is 2. The summed E-state index contributed by atoms with van der Waals surface area (Å²) in [5.41, 5.74) is 1.18. The van der Waals surface area contributed by atoms with Crippen LogP contribution in [0.15, 0.2) is 29.3 Å². The summed E-state index contributed by atoms with van der Waals surface area (Å²) in [6.45, 7) is 6.22. The topological polar surface area (TPSA) is 76.4 Å². The maximum absolute atomic E-state index is 5.76. The van der Waals surface area contributed by atoms with Crippen molar-refractivity contribution >= 4 is 29.9 Å². The fraction of sp³-hybridized carbons (Fsp3) is 0.526. The summed E-state index contributed by atoms with van der Waals surface area (Å²) < 4.78 is 7.73. The van der Waals surface area contributed by atoms with Gasteiger partial charge in [0, 0.05) is 25.6 Å². The first-order valence-corrected chi connectivity index (χ1v) is 9.30. The van der Waals surface area contributed by atoms with Crippen LogP contribution in [0.4, 0.5) is 0 Å².